The first-order chi connectivity index (χ1) is 14.4. The van der Waals surface area contributed by atoms with Crippen molar-refractivity contribution >= 4 is 21.9 Å². The van der Waals surface area contributed by atoms with Crippen LogP contribution in [0.3, 0.4) is 0 Å². The summed E-state index contributed by atoms with van der Waals surface area (Å²) in [6, 6.07) is 4.01. The van der Waals surface area contributed by atoms with Gasteiger partial charge in [-0.1, -0.05) is 15.9 Å². The molecule has 0 aliphatic heterocycles. The Balaban J connectivity index is 1.27. The predicted molar refractivity (Wildman–Crippen MR) is 105 cm³/mol. The maximum Gasteiger partial charge on any atom is 0.306 e. The number of nitrogens with zero attached hydrogens (tertiary/aromatic N) is 1. The maximum absolute atomic E-state index is 14.1. The molecule has 4 nitrogen and oxygen atoms in total. The summed E-state index contributed by atoms with van der Waals surface area (Å²) in [6.07, 6.45) is 0.377. The number of fused-ring (bicyclic) bond motifs is 4. The van der Waals surface area contributed by atoms with Crippen molar-refractivity contribution in [2.24, 2.45) is 17.3 Å². The molecule has 1 heterocycles. The van der Waals surface area contributed by atoms with E-state index in [0.717, 1.165) is 23.6 Å². The lowest BCUT2D eigenvalue weighted by molar-refractivity contribution is -0.144. The van der Waals surface area contributed by atoms with Gasteiger partial charge in [0, 0.05) is 27.9 Å². The summed E-state index contributed by atoms with van der Waals surface area (Å²) in [5.41, 5.74) is 2.17. The highest BCUT2D eigenvalue weighted by Crippen LogP contribution is 2.92. The van der Waals surface area contributed by atoms with Crippen LogP contribution in [0.2, 0.25) is 0 Å². The summed E-state index contributed by atoms with van der Waals surface area (Å²) in [7, 11) is 0. The molecule has 8 heteroatoms. The van der Waals surface area contributed by atoms with Crippen molar-refractivity contribution in [3.05, 3.63) is 56.9 Å². The molecule has 158 valence electrons. The van der Waals surface area contributed by atoms with E-state index in [2.05, 4.69) is 20.9 Å². The lowest BCUT2D eigenvalue weighted by Gasteiger charge is -2.28. The number of benzene rings is 1. The summed E-state index contributed by atoms with van der Waals surface area (Å²) in [6.45, 7) is 2.10. The highest BCUT2D eigenvalue weighted by molar-refractivity contribution is 9.10. The van der Waals surface area contributed by atoms with Gasteiger partial charge in [0.05, 0.1) is 13.0 Å². The van der Waals surface area contributed by atoms with E-state index in [0.29, 0.717) is 36.7 Å². The van der Waals surface area contributed by atoms with Gasteiger partial charge < -0.3 is 9.47 Å². The molecule has 2 saturated carbocycles. The van der Waals surface area contributed by atoms with E-state index in [4.69, 9.17) is 9.47 Å². The Labute approximate surface area is 179 Å². The highest BCUT2D eigenvalue weighted by Gasteiger charge is 2.87. The standard InChI is InChI=1S/C22H19BrF3NO3/c1-2-29-18(28)7-22-14-3-10-5-17(27-8-13(10)19(22)20(14)22)30-9-11-4-15(23)12(21(25)26)6-16(11)24/h4-6,8,14,19-21H,2-3,7,9H2,1H3/t14-,19-,20+,22+/m0/s1. The number of hydrogen-bond acceptors (Lipinski definition) is 4. The third kappa shape index (κ3) is 2.94. The number of ether oxygens (including phenoxy) is 2. The maximum atomic E-state index is 14.1. The quantitative estimate of drug-likeness (QED) is 0.500. The first-order valence-corrected chi connectivity index (χ1v) is 10.7. The minimum Gasteiger partial charge on any atom is -0.473 e. The summed E-state index contributed by atoms with van der Waals surface area (Å²) < 4.78 is 50.8. The molecule has 0 amide bonds. The molecule has 0 N–H and O–H groups in total. The second-order valence-electron chi connectivity index (χ2n) is 8.18. The predicted octanol–water partition coefficient (Wildman–Crippen LogP) is 5.34. The Kier molecular flexibility index (Phi) is 4.61. The van der Waals surface area contributed by atoms with Gasteiger partial charge >= 0.3 is 5.97 Å². The second-order valence-corrected chi connectivity index (χ2v) is 9.04. The number of esters is 1. The first-order valence-electron chi connectivity index (χ1n) is 9.90. The van der Waals surface area contributed by atoms with E-state index >= 15 is 0 Å². The van der Waals surface area contributed by atoms with Crippen molar-refractivity contribution in [1.29, 1.82) is 0 Å². The Morgan fingerprint density at radius 2 is 2.17 bits per heavy atom. The zero-order valence-electron chi connectivity index (χ0n) is 16.1. The van der Waals surface area contributed by atoms with Crippen LogP contribution in [0, 0.1) is 23.1 Å². The van der Waals surface area contributed by atoms with Gasteiger partial charge in [-0.05, 0) is 59.8 Å². The molecule has 0 spiro atoms. The Morgan fingerprint density at radius 3 is 2.90 bits per heavy atom. The molecule has 5 rings (SSSR count). The van der Waals surface area contributed by atoms with Crippen LogP contribution in [-0.4, -0.2) is 17.6 Å². The van der Waals surface area contributed by atoms with E-state index < -0.39 is 12.2 Å². The average Bonchev–Trinajstić information content (AvgIpc) is 3.56. The summed E-state index contributed by atoms with van der Waals surface area (Å²) in [5.74, 6) is 0.935. The molecule has 0 saturated heterocycles. The zero-order valence-corrected chi connectivity index (χ0v) is 17.7. The van der Waals surface area contributed by atoms with Gasteiger partial charge in [-0.3, -0.25) is 4.79 Å². The summed E-state index contributed by atoms with van der Waals surface area (Å²) in [5, 5.41) is 0. The van der Waals surface area contributed by atoms with Crippen molar-refractivity contribution in [3.8, 4) is 5.88 Å². The number of pyridine rings is 1. The number of aromatic nitrogens is 1. The second kappa shape index (κ2) is 6.97. The number of alkyl halides is 2. The fourth-order valence-electron chi connectivity index (χ4n) is 5.32. The Morgan fingerprint density at radius 1 is 1.37 bits per heavy atom. The van der Waals surface area contributed by atoms with E-state index in [-0.39, 0.29) is 33.6 Å². The van der Waals surface area contributed by atoms with Crippen molar-refractivity contribution in [3.63, 3.8) is 0 Å². The van der Waals surface area contributed by atoms with Crippen LogP contribution in [0.15, 0.2) is 28.9 Å². The Bertz CT molecular complexity index is 1050. The largest absolute Gasteiger partial charge is 0.473 e. The van der Waals surface area contributed by atoms with Crippen LogP contribution in [-0.2, 0) is 22.6 Å². The fraction of sp³-hybridized carbons (Fsp3) is 0.455. The highest BCUT2D eigenvalue weighted by atomic mass is 79.9. The Hall–Kier alpha value is -2.09. The van der Waals surface area contributed by atoms with Crippen molar-refractivity contribution in [2.75, 3.05) is 6.61 Å². The smallest absolute Gasteiger partial charge is 0.306 e. The molecule has 30 heavy (non-hydrogen) atoms. The van der Waals surface area contributed by atoms with Crippen molar-refractivity contribution in [2.45, 2.75) is 38.7 Å². The molecule has 4 atom stereocenters. The van der Waals surface area contributed by atoms with Gasteiger partial charge in [-0.25, -0.2) is 18.2 Å². The molecule has 2 fully saturated rings. The van der Waals surface area contributed by atoms with Crippen LogP contribution < -0.4 is 4.74 Å². The lowest BCUT2D eigenvalue weighted by atomic mass is 9.77. The fourth-order valence-corrected chi connectivity index (χ4v) is 5.88. The van der Waals surface area contributed by atoms with Gasteiger partial charge in [0.1, 0.15) is 12.4 Å². The molecule has 1 aromatic heterocycles. The molecule has 0 bridgehead atoms. The van der Waals surface area contributed by atoms with Crippen LogP contribution in [0.25, 0.3) is 0 Å². The topological polar surface area (TPSA) is 48.4 Å². The third-order valence-corrected chi connectivity index (χ3v) is 7.46. The number of carbonyl (C=O) groups excluding carboxylic acids is 1. The lowest BCUT2D eigenvalue weighted by Crippen LogP contribution is -2.22. The number of halogens is 4. The molecule has 2 aromatic rings. The van der Waals surface area contributed by atoms with E-state index in [1.54, 1.807) is 6.20 Å². The summed E-state index contributed by atoms with van der Waals surface area (Å²) >= 11 is 3.05. The summed E-state index contributed by atoms with van der Waals surface area (Å²) in [4.78, 5) is 16.3. The number of carbonyl (C=O) groups is 1. The van der Waals surface area contributed by atoms with Crippen LogP contribution in [0.4, 0.5) is 13.2 Å². The molecule has 3 aliphatic rings. The third-order valence-electron chi connectivity index (χ3n) is 6.77. The van der Waals surface area contributed by atoms with Crippen LogP contribution in [0.5, 0.6) is 5.88 Å². The van der Waals surface area contributed by atoms with E-state index in [1.807, 2.05) is 13.0 Å². The molecule has 0 radical (unpaired) electrons. The molecule has 1 aromatic carbocycles. The SMILES string of the molecule is CCOC(=O)C[C@@]12[C@@H]3[C@@H]1Cc1cc(OCc4cc(Br)c(C(F)F)cc4F)ncc1[C@@H]32. The molecular weight excluding hydrogens is 463 g/mol. The minimum atomic E-state index is -2.76. The molecule has 3 aliphatic carbocycles. The number of rotatable bonds is 7. The minimum absolute atomic E-state index is 0.0746. The van der Waals surface area contributed by atoms with Gasteiger partial charge in [-0.2, -0.15) is 0 Å². The number of hydrogen-bond donors (Lipinski definition) is 0. The van der Waals surface area contributed by atoms with Crippen molar-refractivity contribution in [1.82, 2.24) is 4.98 Å². The van der Waals surface area contributed by atoms with E-state index in [1.165, 1.54) is 6.07 Å². The van der Waals surface area contributed by atoms with Gasteiger partial charge in [0.25, 0.3) is 6.43 Å². The van der Waals surface area contributed by atoms with Gasteiger partial charge in [0.2, 0.25) is 5.88 Å². The van der Waals surface area contributed by atoms with Crippen LogP contribution >= 0.6 is 15.9 Å². The first kappa shape index (κ1) is 19.8. The molecular formula is C22H19BrF3NO3. The van der Waals surface area contributed by atoms with Crippen LogP contribution in [0.1, 0.15) is 47.9 Å². The molecule has 0 unspecified atom stereocenters. The van der Waals surface area contributed by atoms with Gasteiger partial charge in [0.15, 0.2) is 0 Å². The van der Waals surface area contributed by atoms with Crippen molar-refractivity contribution < 1.29 is 27.4 Å². The monoisotopic (exact) mass is 481 g/mol. The normalized spacial score (nSPS) is 27.3. The average molecular weight is 482 g/mol. The van der Waals surface area contributed by atoms with Gasteiger partial charge in [-0.15, -0.1) is 0 Å². The van der Waals surface area contributed by atoms with E-state index in [9.17, 15) is 18.0 Å². The zero-order chi connectivity index (χ0) is 21.2.